The SMILES string of the molecule is C[C@@H]1C(=O)Nc2cc(CN3CCN(C4=C(F)N(C)CC=C4)CC3)cc3ncn1c23. The van der Waals surface area contributed by atoms with Crippen LogP contribution in [0.4, 0.5) is 10.1 Å². The van der Waals surface area contributed by atoms with Crippen molar-refractivity contribution in [2.24, 2.45) is 0 Å². The summed E-state index contributed by atoms with van der Waals surface area (Å²) in [5.41, 5.74) is 4.54. The molecular weight excluding hydrogens is 371 g/mol. The van der Waals surface area contributed by atoms with Gasteiger partial charge >= 0.3 is 0 Å². The van der Waals surface area contributed by atoms with Crippen LogP contribution in [-0.4, -0.2) is 69.9 Å². The molecule has 5 rings (SSSR count). The third kappa shape index (κ3) is 3.07. The van der Waals surface area contributed by atoms with Gasteiger partial charge in [0.2, 0.25) is 11.9 Å². The first-order chi connectivity index (χ1) is 14.0. The zero-order chi connectivity index (χ0) is 20.1. The molecule has 29 heavy (non-hydrogen) atoms. The lowest BCUT2D eigenvalue weighted by atomic mass is 10.1. The zero-order valence-electron chi connectivity index (χ0n) is 16.7. The summed E-state index contributed by atoms with van der Waals surface area (Å²) in [6, 6.07) is 3.92. The number of piperazine rings is 1. The monoisotopic (exact) mass is 396 g/mol. The molecule has 1 amide bonds. The van der Waals surface area contributed by atoms with Gasteiger partial charge in [-0.15, -0.1) is 0 Å². The minimum absolute atomic E-state index is 0.0108. The van der Waals surface area contributed by atoms with Gasteiger partial charge in [0, 0.05) is 46.3 Å². The Bertz CT molecular complexity index is 1030. The first-order valence-corrected chi connectivity index (χ1v) is 10.1. The van der Waals surface area contributed by atoms with Crippen LogP contribution in [0.3, 0.4) is 0 Å². The predicted octanol–water partition coefficient (Wildman–Crippen LogP) is 2.31. The number of imidazole rings is 1. The van der Waals surface area contributed by atoms with Crippen molar-refractivity contribution in [2.75, 3.05) is 45.1 Å². The van der Waals surface area contributed by atoms with Gasteiger partial charge in [-0.3, -0.25) is 9.69 Å². The van der Waals surface area contributed by atoms with Gasteiger partial charge in [-0.1, -0.05) is 6.08 Å². The molecule has 7 nitrogen and oxygen atoms in total. The number of hydrogen-bond donors (Lipinski definition) is 1. The number of allylic oxidation sites excluding steroid dienone is 1. The number of nitrogens with one attached hydrogen (secondary N) is 1. The molecule has 0 unspecified atom stereocenters. The van der Waals surface area contributed by atoms with Crippen molar-refractivity contribution >= 4 is 22.6 Å². The number of benzene rings is 1. The van der Waals surface area contributed by atoms with Crippen LogP contribution in [0.25, 0.3) is 11.0 Å². The van der Waals surface area contributed by atoms with E-state index in [1.165, 1.54) is 0 Å². The van der Waals surface area contributed by atoms with Crippen LogP contribution in [0.2, 0.25) is 0 Å². The molecule has 1 aromatic heterocycles. The third-order valence-corrected chi connectivity index (χ3v) is 6.10. The summed E-state index contributed by atoms with van der Waals surface area (Å²) < 4.78 is 16.4. The van der Waals surface area contributed by atoms with Crippen molar-refractivity contribution in [3.8, 4) is 0 Å². The van der Waals surface area contributed by atoms with Crippen molar-refractivity contribution in [2.45, 2.75) is 19.5 Å². The summed E-state index contributed by atoms with van der Waals surface area (Å²) in [7, 11) is 1.78. The molecule has 4 heterocycles. The molecule has 3 aliphatic rings. The predicted molar refractivity (Wildman–Crippen MR) is 110 cm³/mol. The van der Waals surface area contributed by atoms with Crippen molar-refractivity contribution in [1.29, 1.82) is 0 Å². The molecule has 0 aliphatic carbocycles. The quantitative estimate of drug-likeness (QED) is 0.807. The molecule has 0 spiro atoms. The number of amides is 1. The first-order valence-electron chi connectivity index (χ1n) is 10.1. The number of nitrogens with zero attached hydrogens (tertiary/aromatic N) is 5. The van der Waals surface area contributed by atoms with Crippen molar-refractivity contribution in [1.82, 2.24) is 24.3 Å². The Kier molecular flexibility index (Phi) is 4.31. The fourth-order valence-electron chi connectivity index (χ4n) is 4.38. The van der Waals surface area contributed by atoms with Crippen molar-refractivity contribution < 1.29 is 9.18 Å². The van der Waals surface area contributed by atoms with Crippen molar-refractivity contribution in [3.05, 3.63) is 47.8 Å². The summed E-state index contributed by atoms with van der Waals surface area (Å²) in [6.07, 6.45) is 5.64. The fourth-order valence-corrected chi connectivity index (χ4v) is 4.38. The maximum Gasteiger partial charge on any atom is 0.247 e. The Morgan fingerprint density at radius 3 is 2.83 bits per heavy atom. The van der Waals surface area contributed by atoms with E-state index in [1.807, 2.05) is 23.6 Å². The van der Waals surface area contributed by atoms with E-state index in [0.717, 1.165) is 55.0 Å². The average molecular weight is 396 g/mol. The molecule has 2 aromatic rings. The van der Waals surface area contributed by atoms with Crippen LogP contribution in [0.5, 0.6) is 0 Å². The summed E-state index contributed by atoms with van der Waals surface area (Å²) in [4.78, 5) is 22.8. The number of carbonyl (C=O) groups excluding carboxylic acids is 1. The number of aromatic nitrogens is 2. The highest BCUT2D eigenvalue weighted by Crippen LogP contribution is 2.32. The number of anilines is 1. The Morgan fingerprint density at radius 2 is 2.03 bits per heavy atom. The Balaban J connectivity index is 1.30. The second kappa shape index (κ2) is 6.88. The van der Waals surface area contributed by atoms with Gasteiger partial charge in [0.1, 0.15) is 6.04 Å². The van der Waals surface area contributed by atoms with Gasteiger partial charge in [0.15, 0.2) is 0 Å². The number of carbonyl (C=O) groups is 1. The number of likely N-dealkylation sites (N-methyl/N-ethyl adjacent to an activating group) is 1. The van der Waals surface area contributed by atoms with Crippen molar-refractivity contribution in [3.63, 3.8) is 0 Å². The van der Waals surface area contributed by atoms with Crippen LogP contribution in [-0.2, 0) is 11.3 Å². The Labute approximate surface area is 169 Å². The Hall–Kier alpha value is -2.87. The van der Waals surface area contributed by atoms with Crippen LogP contribution in [0, 0.1) is 0 Å². The van der Waals surface area contributed by atoms with E-state index in [-0.39, 0.29) is 17.9 Å². The minimum Gasteiger partial charge on any atom is -0.365 e. The van der Waals surface area contributed by atoms with E-state index in [0.29, 0.717) is 12.2 Å². The zero-order valence-corrected chi connectivity index (χ0v) is 16.7. The second-order valence-electron chi connectivity index (χ2n) is 8.05. The van der Waals surface area contributed by atoms with Gasteiger partial charge in [0.05, 0.1) is 28.7 Å². The summed E-state index contributed by atoms with van der Waals surface area (Å²) in [5.74, 6) is -0.158. The lowest BCUT2D eigenvalue weighted by Gasteiger charge is -2.38. The van der Waals surface area contributed by atoms with E-state index < -0.39 is 0 Å². The molecule has 3 aliphatic heterocycles. The van der Waals surface area contributed by atoms with E-state index in [2.05, 4.69) is 32.2 Å². The Morgan fingerprint density at radius 1 is 1.24 bits per heavy atom. The second-order valence-corrected chi connectivity index (χ2v) is 8.05. The van der Waals surface area contributed by atoms with Gasteiger partial charge < -0.3 is 19.7 Å². The van der Waals surface area contributed by atoms with Gasteiger partial charge in [-0.2, -0.15) is 4.39 Å². The largest absolute Gasteiger partial charge is 0.365 e. The van der Waals surface area contributed by atoms with E-state index in [1.54, 1.807) is 18.3 Å². The highest BCUT2D eigenvalue weighted by molar-refractivity contribution is 6.05. The lowest BCUT2D eigenvalue weighted by Crippen LogP contribution is -2.46. The van der Waals surface area contributed by atoms with Crippen LogP contribution in [0.15, 0.2) is 42.3 Å². The van der Waals surface area contributed by atoms with Gasteiger partial charge in [-0.25, -0.2) is 4.98 Å². The molecule has 0 radical (unpaired) electrons. The highest BCUT2D eigenvalue weighted by atomic mass is 19.1. The van der Waals surface area contributed by atoms with E-state index in [9.17, 15) is 9.18 Å². The molecule has 152 valence electrons. The average Bonchev–Trinajstić information content (AvgIpc) is 3.14. The van der Waals surface area contributed by atoms with Crippen LogP contribution in [0.1, 0.15) is 18.5 Å². The normalized spacial score (nSPS) is 22.6. The lowest BCUT2D eigenvalue weighted by molar-refractivity contribution is -0.118. The van der Waals surface area contributed by atoms with E-state index >= 15 is 0 Å². The maximum absolute atomic E-state index is 14.4. The van der Waals surface area contributed by atoms with E-state index in [4.69, 9.17) is 0 Å². The number of halogens is 1. The first kappa shape index (κ1) is 18.2. The molecule has 0 saturated carbocycles. The fraction of sp³-hybridized carbons (Fsp3) is 0.429. The highest BCUT2D eigenvalue weighted by Gasteiger charge is 2.27. The number of hydrogen-bond acceptors (Lipinski definition) is 5. The molecule has 1 saturated heterocycles. The molecule has 0 bridgehead atoms. The minimum atomic E-state index is -0.242. The molecule has 1 aromatic carbocycles. The smallest absolute Gasteiger partial charge is 0.247 e. The molecule has 8 heteroatoms. The van der Waals surface area contributed by atoms with Gasteiger partial charge in [0.25, 0.3) is 0 Å². The molecular formula is C21H25FN6O. The summed E-state index contributed by atoms with van der Waals surface area (Å²) in [5, 5.41) is 3.01. The molecule has 1 atom stereocenters. The molecule has 1 fully saturated rings. The molecule has 1 N–H and O–H groups in total. The third-order valence-electron chi connectivity index (χ3n) is 6.10. The summed E-state index contributed by atoms with van der Waals surface area (Å²) in [6.45, 7) is 6.58. The maximum atomic E-state index is 14.4. The standard InChI is InChI=1S/C21H25FN6O/c1-14-21(29)24-17-11-15(10-16-19(17)28(14)13-23-16)12-26-6-8-27(9-7-26)18-4-3-5-25(2)20(18)22/h3-4,10-11,13-14H,5-9,12H2,1-2H3,(H,24,29)/t14-/m1/s1. The van der Waals surface area contributed by atoms with Crippen LogP contribution >= 0.6 is 0 Å². The summed E-state index contributed by atoms with van der Waals surface area (Å²) >= 11 is 0. The number of rotatable bonds is 3. The topological polar surface area (TPSA) is 56.6 Å². The van der Waals surface area contributed by atoms with Crippen LogP contribution < -0.4 is 5.32 Å². The van der Waals surface area contributed by atoms with Gasteiger partial charge in [-0.05, 0) is 30.7 Å².